The van der Waals surface area contributed by atoms with Crippen LogP contribution in [0, 0.1) is 9.39 Å². The topological polar surface area (TPSA) is 72.4 Å². The maximum Gasteiger partial charge on any atom is 0.255 e. The van der Waals surface area contributed by atoms with Crippen LogP contribution in [0.2, 0.25) is 0 Å². The third-order valence-corrected chi connectivity index (χ3v) is 5.03. The Hall–Kier alpha value is -2.88. The van der Waals surface area contributed by atoms with Gasteiger partial charge in [0.1, 0.15) is 17.4 Å². The SMILES string of the molecule is COc1ccc(CNC(=O)c2ccc(=O)n(C)c2Nc2ccc(I)cc2F)cc1. The Labute approximate surface area is 180 Å². The van der Waals surface area contributed by atoms with Gasteiger partial charge in [-0.15, -0.1) is 0 Å². The van der Waals surface area contributed by atoms with E-state index in [0.717, 1.165) is 14.9 Å². The molecule has 0 spiro atoms. The van der Waals surface area contributed by atoms with Crippen LogP contribution in [-0.2, 0) is 13.6 Å². The summed E-state index contributed by atoms with van der Waals surface area (Å²) >= 11 is 2.01. The van der Waals surface area contributed by atoms with Crippen LogP contribution in [0.5, 0.6) is 5.75 Å². The first-order valence-corrected chi connectivity index (χ1v) is 9.80. The lowest BCUT2D eigenvalue weighted by molar-refractivity contribution is 0.0951. The second kappa shape index (κ2) is 9.08. The predicted octanol–water partition coefficient (Wildman–Crippen LogP) is 3.81. The van der Waals surface area contributed by atoms with Crippen LogP contribution < -0.4 is 20.9 Å². The smallest absolute Gasteiger partial charge is 0.255 e. The molecular formula is C21H19FIN3O3. The van der Waals surface area contributed by atoms with E-state index in [1.165, 1.54) is 29.8 Å². The molecule has 0 fully saturated rings. The maximum absolute atomic E-state index is 14.3. The van der Waals surface area contributed by atoms with Crippen LogP contribution in [0.1, 0.15) is 15.9 Å². The van der Waals surface area contributed by atoms with Crippen molar-refractivity contribution in [3.63, 3.8) is 0 Å². The Morgan fingerprint density at radius 3 is 2.52 bits per heavy atom. The molecule has 3 aromatic rings. The number of methoxy groups -OCH3 is 1. The van der Waals surface area contributed by atoms with E-state index in [1.54, 1.807) is 31.4 Å². The summed E-state index contributed by atoms with van der Waals surface area (Å²) in [6.45, 7) is 0.295. The van der Waals surface area contributed by atoms with E-state index < -0.39 is 5.82 Å². The number of carbonyl (C=O) groups excluding carboxylic acids is 1. The van der Waals surface area contributed by atoms with Gasteiger partial charge in [0.05, 0.1) is 18.4 Å². The highest BCUT2D eigenvalue weighted by Gasteiger charge is 2.16. The van der Waals surface area contributed by atoms with Crippen LogP contribution in [0.15, 0.2) is 59.4 Å². The zero-order chi connectivity index (χ0) is 21.0. The minimum Gasteiger partial charge on any atom is -0.497 e. The Bertz CT molecular complexity index is 1100. The van der Waals surface area contributed by atoms with E-state index in [4.69, 9.17) is 4.74 Å². The number of nitrogens with one attached hydrogen (secondary N) is 2. The fourth-order valence-electron chi connectivity index (χ4n) is 2.71. The first kappa shape index (κ1) is 20.8. The lowest BCUT2D eigenvalue weighted by Gasteiger charge is -2.16. The molecule has 0 saturated heterocycles. The molecular weight excluding hydrogens is 488 g/mol. The van der Waals surface area contributed by atoms with Gasteiger partial charge in [-0.25, -0.2) is 4.39 Å². The highest BCUT2D eigenvalue weighted by Crippen LogP contribution is 2.23. The van der Waals surface area contributed by atoms with Gasteiger partial charge in [0.25, 0.3) is 11.5 Å². The lowest BCUT2D eigenvalue weighted by atomic mass is 10.2. The van der Waals surface area contributed by atoms with E-state index in [-0.39, 0.29) is 28.5 Å². The summed E-state index contributed by atoms with van der Waals surface area (Å²) in [5.74, 6) is 0.0802. The van der Waals surface area contributed by atoms with Crippen molar-refractivity contribution >= 4 is 40.0 Å². The van der Waals surface area contributed by atoms with Crippen molar-refractivity contribution < 1.29 is 13.9 Å². The zero-order valence-corrected chi connectivity index (χ0v) is 18.0. The monoisotopic (exact) mass is 507 g/mol. The van der Waals surface area contributed by atoms with Crippen LogP contribution in [0.3, 0.4) is 0 Å². The van der Waals surface area contributed by atoms with Gasteiger partial charge in [0, 0.05) is 23.2 Å². The number of rotatable bonds is 6. The number of anilines is 2. The Balaban J connectivity index is 1.85. The van der Waals surface area contributed by atoms with Crippen molar-refractivity contribution in [2.45, 2.75) is 6.54 Å². The number of hydrogen-bond donors (Lipinski definition) is 2. The van der Waals surface area contributed by atoms with Crippen LogP contribution in [0.25, 0.3) is 0 Å². The molecule has 0 aliphatic heterocycles. The fraction of sp³-hybridized carbons (Fsp3) is 0.143. The predicted molar refractivity (Wildman–Crippen MR) is 118 cm³/mol. The quantitative estimate of drug-likeness (QED) is 0.498. The molecule has 2 aromatic carbocycles. The van der Waals surface area contributed by atoms with Crippen molar-refractivity contribution in [3.8, 4) is 5.75 Å². The Kier molecular flexibility index (Phi) is 6.53. The summed E-state index contributed by atoms with van der Waals surface area (Å²) in [5.41, 5.74) is 0.988. The Morgan fingerprint density at radius 2 is 1.86 bits per heavy atom. The van der Waals surface area contributed by atoms with Crippen molar-refractivity contribution in [1.29, 1.82) is 0 Å². The molecule has 150 valence electrons. The summed E-state index contributed by atoms with van der Waals surface area (Å²) < 4.78 is 21.4. The van der Waals surface area contributed by atoms with E-state index in [9.17, 15) is 14.0 Å². The molecule has 0 bridgehead atoms. The average molecular weight is 507 g/mol. The van der Waals surface area contributed by atoms with Gasteiger partial charge in [-0.3, -0.25) is 14.2 Å². The van der Waals surface area contributed by atoms with Gasteiger partial charge in [0.15, 0.2) is 0 Å². The third kappa shape index (κ3) is 4.94. The first-order chi connectivity index (χ1) is 13.9. The normalized spacial score (nSPS) is 10.5. The first-order valence-electron chi connectivity index (χ1n) is 8.72. The van der Waals surface area contributed by atoms with Gasteiger partial charge in [-0.2, -0.15) is 0 Å². The molecule has 0 aliphatic rings. The number of pyridine rings is 1. The number of hydrogen-bond acceptors (Lipinski definition) is 4. The molecule has 29 heavy (non-hydrogen) atoms. The number of halogens is 2. The molecule has 0 unspecified atom stereocenters. The van der Waals surface area contributed by atoms with Gasteiger partial charge < -0.3 is 15.4 Å². The molecule has 8 heteroatoms. The van der Waals surface area contributed by atoms with Crippen LogP contribution >= 0.6 is 22.6 Å². The number of carbonyl (C=O) groups is 1. The van der Waals surface area contributed by atoms with E-state index >= 15 is 0 Å². The summed E-state index contributed by atoms with van der Waals surface area (Å²) in [5, 5.41) is 5.70. The van der Waals surface area contributed by atoms with Crippen molar-refractivity contribution in [1.82, 2.24) is 9.88 Å². The highest BCUT2D eigenvalue weighted by molar-refractivity contribution is 14.1. The van der Waals surface area contributed by atoms with Crippen molar-refractivity contribution in [3.05, 3.63) is 85.5 Å². The van der Waals surface area contributed by atoms with Gasteiger partial charge >= 0.3 is 0 Å². The molecule has 0 saturated carbocycles. The molecule has 3 rings (SSSR count). The minimum absolute atomic E-state index is 0.177. The fourth-order valence-corrected chi connectivity index (χ4v) is 3.16. The van der Waals surface area contributed by atoms with Crippen LogP contribution in [0.4, 0.5) is 15.9 Å². The zero-order valence-electron chi connectivity index (χ0n) is 15.8. The maximum atomic E-state index is 14.3. The average Bonchev–Trinajstić information content (AvgIpc) is 2.72. The summed E-state index contributed by atoms with van der Waals surface area (Å²) in [6.07, 6.45) is 0. The summed E-state index contributed by atoms with van der Waals surface area (Å²) in [6, 6.07) is 14.7. The van der Waals surface area contributed by atoms with Crippen molar-refractivity contribution in [2.24, 2.45) is 7.05 Å². The van der Waals surface area contributed by atoms with Gasteiger partial charge in [0.2, 0.25) is 0 Å². The second-order valence-electron chi connectivity index (χ2n) is 6.27. The van der Waals surface area contributed by atoms with Gasteiger partial charge in [-0.05, 0) is 64.6 Å². The number of aromatic nitrogens is 1. The van der Waals surface area contributed by atoms with E-state index in [1.807, 2.05) is 34.7 Å². The molecule has 1 heterocycles. The highest BCUT2D eigenvalue weighted by atomic mass is 127. The molecule has 0 atom stereocenters. The summed E-state index contributed by atoms with van der Waals surface area (Å²) in [7, 11) is 3.11. The van der Waals surface area contributed by atoms with E-state index in [0.29, 0.717) is 6.54 Å². The van der Waals surface area contributed by atoms with Crippen molar-refractivity contribution in [2.75, 3.05) is 12.4 Å². The molecule has 6 nitrogen and oxygen atoms in total. The standard InChI is InChI=1S/C21H19FIN3O3/c1-26-19(27)10-8-16(20(26)25-18-9-5-14(23)11-17(18)22)21(28)24-12-13-3-6-15(29-2)7-4-13/h3-11,25H,12H2,1-2H3,(H,24,28). The second-order valence-corrected chi connectivity index (χ2v) is 7.52. The number of ether oxygens (including phenoxy) is 1. The molecule has 0 radical (unpaired) electrons. The molecule has 2 N–H and O–H groups in total. The molecule has 1 aromatic heterocycles. The lowest BCUT2D eigenvalue weighted by Crippen LogP contribution is -2.28. The molecule has 1 amide bonds. The molecule has 0 aliphatic carbocycles. The number of amides is 1. The minimum atomic E-state index is -0.474. The Morgan fingerprint density at radius 1 is 1.14 bits per heavy atom. The third-order valence-electron chi connectivity index (χ3n) is 4.35. The number of nitrogens with zero attached hydrogens (tertiary/aromatic N) is 1. The summed E-state index contributed by atoms with van der Waals surface area (Å²) in [4.78, 5) is 24.8. The number of benzene rings is 2. The van der Waals surface area contributed by atoms with Gasteiger partial charge in [-0.1, -0.05) is 12.1 Å². The van der Waals surface area contributed by atoms with Crippen LogP contribution in [-0.4, -0.2) is 17.6 Å². The largest absolute Gasteiger partial charge is 0.497 e. The van der Waals surface area contributed by atoms with E-state index in [2.05, 4.69) is 10.6 Å².